The van der Waals surface area contributed by atoms with E-state index in [0.29, 0.717) is 13.1 Å². The molecule has 1 aromatic rings. The molecule has 1 aliphatic heterocycles. The van der Waals surface area contributed by atoms with Gasteiger partial charge in [-0.15, -0.1) is 0 Å². The van der Waals surface area contributed by atoms with E-state index in [1.807, 2.05) is 20.8 Å². The maximum absolute atomic E-state index is 13.4. The number of carbonyl (C=O) groups is 1. The van der Waals surface area contributed by atoms with Crippen LogP contribution in [0, 0.1) is 5.82 Å². The largest absolute Gasteiger partial charge is 0.505 e. The third kappa shape index (κ3) is 4.09. The third-order valence-electron chi connectivity index (χ3n) is 3.59. The molecule has 1 aromatic carbocycles. The zero-order chi connectivity index (χ0) is 15.6. The predicted octanol–water partition coefficient (Wildman–Crippen LogP) is 3.65. The lowest BCUT2D eigenvalue weighted by molar-refractivity contribution is 0.0205. The number of nitrogens with zero attached hydrogens (tertiary/aromatic N) is 1. The number of amides is 1. The minimum atomic E-state index is -0.595. The smallest absolute Gasteiger partial charge is 0.410 e. The fourth-order valence-corrected chi connectivity index (χ4v) is 2.50. The van der Waals surface area contributed by atoms with E-state index in [9.17, 15) is 14.3 Å². The van der Waals surface area contributed by atoms with Crippen LogP contribution in [0.5, 0.6) is 5.75 Å². The number of rotatable bonds is 1. The summed E-state index contributed by atoms with van der Waals surface area (Å²) in [6, 6.07) is 4.50. The summed E-state index contributed by atoms with van der Waals surface area (Å²) in [5.74, 6) is -0.717. The number of phenols is 1. The van der Waals surface area contributed by atoms with Crippen LogP contribution in [0.4, 0.5) is 9.18 Å². The maximum atomic E-state index is 13.4. The van der Waals surface area contributed by atoms with E-state index >= 15 is 0 Å². The molecule has 116 valence electrons. The Morgan fingerprint density at radius 1 is 1.33 bits per heavy atom. The van der Waals surface area contributed by atoms with Gasteiger partial charge in [-0.2, -0.15) is 0 Å². The van der Waals surface area contributed by atoms with E-state index in [1.165, 1.54) is 12.1 Å². The molecule has 0 atom stereocenters. The molecule has 0 aromatic heterocycles. The molecule has 1 aliphatic rings. The minimum absolute atomic E-state index is 0.207. The number of likely N-dealkylation sites (tertiary alicyclic amines) is 1. The molecule has 21 heavy (non-hydrogen) atoms. The van der Waals surface area contributed by atoms with Gasteiger partial charge in [0, 0.05) is 13.1 Å². The summed E-state index contributed by atoms with van der Waals surface area (Å²) < 4.78 is 18.7. The van der Waals surface area contributed by atoms with Crippen molar-refractivity contribution in [1.82, 2.24) is 4.90 Å². The van der Waals surface area contributed by atoms with Crippen LogP contribution in [0.25, 0.3) is 0 Å². The van der Waals surface area contributed by atoms with E-state index in [1.54, 1.807) is 11.0 Å². The van der Waals surface area contributed by atoms with Crippen molar-refractivity contribution in [3.8, 4) is 5.75 Å². The van der Waals surface area contributed by atoms with Gasteiger partial charge in [0.1, 0.15) is 5.60 Å². The molecule has 1 amide bonds. The molecule has 0 saturated carbocycles. The lowest BCUT2D eigenvalue weighted by Crippen LogP contribution is -2.41. The molecule has 1 saturated heterocycles. The quantitative estimate of drug-likeness (QED) is 0.860. The first-order valence-corrected chi connectivity index (χ1v) is 7.22. The topological polar surface area (TPSA) is 49.8 Å². The highest BCUT2D eigenvalue weighted by Gasteiger charge is 2.27. The van der Waals surface area contributed by atoms with Crippen molar-refractivity contribution in [3.05, 3.63) is 29.6 Å². The highest BCUT2D eigenvalue weighted by molar-refractivity contribution is 5.68. The normalized spacial score (nSPS) is 16.9. The predicted molar refractivity (Wildman–Crippen MR) is 77.8 cm³/mol. The lowest BCUT2D eigenvalue weighted by atomic mass is 9.89. The van der Waals surface area contributed by atoms with E-state index in [2.05, 4.69) is 0 Å². The molecule has 0 unspecified atom stereocenters. The first-order valence-electron chi connectivity index (χ1n) is 7.22. The average molecular weight is 295 g/mol. The van der Waals surface area contributed by atoms with Crippen molar-refractivity contribution in [1.29, 1.82) is 0 Å². The Morgan fingerprint density at radius 3 is 2.48 bits per heavy atom. The fourth-order valence-electron chi connectivity index (χ4n) is 2.50. The summed E-state index contributed by atoms with van der Waals surface area (Å²) in [7, 11) is 0. The van der Waals surface area contributed by atoms with Crippen molar-refractivity contribution < 1.29 is 19.0 Å². The number of hydrogen-bond acceptors (Lipinski definition) is 3. The highest BCUT2D eigenvalue weighted by atomic mass is 19.1. The van der Waals surface area contributed by atoms with Gasteiger partial charge in [-0.3, -0.25) is 0 Å². The second-order valence-corrected chi connectivity index (χ2v) is 6.45. The van der Waals surface area contributed by atoms with Gasteiger partial charge in [0.15, 0.2) is 11.6 Å². The lowest BCUT2D eigenvalue weighted by Gasteiger charge is -2.33. The Hall–Kier alpha value is -1.78. The van der Waals surface area contributed by atoms with Gasteiger partial charge in [0.05, 0.1) is 0 Å². The molecule has 5 heteroatoms. The molecule has 2 rings (SSSR count). The molecule has 0 bridgehead atoms. The van der Waals surface area contributed by atoms with Gasteiger partial charge in [0.2, 0.25) is 0 Å². The molecule has 1 fully saturated rings. The number of piperidine rings is 1. The summed E-state index contributed by atoms with van der Waals surface area (Å²) in [6.07, 6.45) is 1.24. The van der Waals surface area contributed by atoms with Crippen molar-refractivity contribution >= 4 is 6.09 Å². The molecule has 0 radical (unpaired) electrons. The molecule has 4 nitrogen and oxygen atoms in total. The standard InChI is InChI=1S/C16H22FNO3/c1-16(2,3)21-15(20)18-8-6-11(7-9-18)12-4-5-14(19)13(17)10-12/h4-5,10-11,19H,6-9H2,1-3H3. The van der Waals surface area contributed by atoms with Crippen LogP contribution in [0.1, 0.15) is 45.1 Å². The van der Waals surface area contributed by atoms with Gasteiger partial charge in [-0.1, -0.05) is 6.07 Å². The fraction of sp³-hybridized carbons (Fsp3) is 0.562. The van der Waals surface area contributed by atoms with Crippen LogP contribution >= 0.6 is 0 Å². The van der Waals surface area contributed by atoms with Crippen molar-refractivity contribution in [2.75, 3.05) is 13.1 Å². The molecule has 1 heterocycles. The first kappa shape index (κ1) is 15.6. The average Bonchev–Trinajstić information content (AvgIpc) is 2.40. The Labute approximate surface area is 124 Å². The Kier molecular flexibility index (Phi) is 4.40. The SMILES string of the molecule is CC(C)(C)OC(=O)N1CCC(c2ccc(O)c(F)c2)CC1. The summed E-state index contributed by atoms with van der Waals surface area (Å²) in [6.45, 7) is 6.73. The molecular weight excluding hydrogens is 273 g/mol. The summed E-state index contributed by atoms with van der Waals surface area (Å²) >= 11 is 0. The van der Waals surface area contributed by atoms with Crippen LogP contribution in [0.3, 0.4) is 0 Å². The number of carbonyl (C=O) groups excluding carboxylic acids is 1. The van der Waals surface area contributed by atoms with E-state index < -0.39 is 11.4 Å². The van der Waals surface area contributed by atoms with E-state index in [4.69, 9.17) is 4.74 Å². The Balaban J connectivity index is 1.94. The summed E-state index contributed by atoms with van der Waals surface area (Å²) in [5, 5.41) is 9.22. The summed E-state index contributed by atoms with van der Waals surface area (Å²) in [4.78, 5) is 13.7. The van der Waals surface area contributed by atoms with Gasteiger partial charge >= 0.3 is 6.09 Å². The molecule has 0 spiro atoms. The minimum Gasteiger partial charge on any atom is -0.505 e. The van der Waals surface area contributed by atoms with Gasteiger partial charge < -0.3 is 14.7 Å². The zero-order valence-electron chi connectivity index (χ0n) is 12.7. The first-order chi connectivity index (χ1) is 9.76. The van der Waals surface area contributed by atoms with Gasteiger partial charge in [0.25, 0.3) is 0 Å². The number of ether oxygens (including phenoxy) is 1. The summed E-state index contributed by atoms with van der Waals surface area (Å²) in [5.41, 5.74) is 0.378. The monoisotopic (exact) mass is 295 g/mol. The third-order valence-corrected chi connectivity index (χ3v) is 3.59. The number of halogens is 1. The van der Waals surface area contributed by atoms with Crippen LogP contribution in [0.15, 0.2) is 18.2 Å². The molecule has 0 aliphatic carbocycles. The van der Waals surface area contributed by atoms with E-state index in [0.717, 1.165) is 18.4 Å². The Bertz CT molecular complexity index is 517. The van der Waals surface area contributed by atoms with Crippen LogP contribution < -0.4 is 0 Å². The number of hydrogen-bond donors (Lipinski definition) is 1. The number of aromatic hydroxyl groups is 1. The van der Waals surface area contributed by atoms with Gasteiger partial charge in [-0.05, 0) is 57.2 Å². The van der Waals surface area contributed by atoms with Crippen LogP contribution in [0.2, 0.25) is 0 Å². The van der Waals surface area contributed by atoms with Gasteiger partial charge in [-0.25, -0.2) is 9.18 Å². The van der Waals surface area contributed by atoms with Crippen LogP contribution in [-0.2, 0) is 4.74 Å². The van der Waals surface area contributed by atoms with Crippen molar-refractivity contribution in [3.63, 3.8) is 0 Å². The zero-order valence-corrected chi connectivity index (χ0v) is 12.7. The van der Waals surface area contributed by atoms with Crippen molar-refractivity contribution in [2.45, 2.75) is 45.1 Å². The second-order valence-electron chi connectivity index (χ2n) is 6.45. The molecule has 1 N–H and O–H groups in total. The van der Waals surface area contributed by atoms with Crippen LogP contribution in [-0.4, -0.2) is 34.8 Å². The molecular formula is C16H22FNO3. The highest BCUT2D eigenvalue weighted by Crippen LogP contribution is 2.30. The number of phenolic OH excluding ortho intramolecular Hbond substituents is 1. The Morgan fingerprint density at radius 2 is 1.95 bits per heavy atom. The van der Waals surface area contributed by atoms with Crippen molar-refractivity contribution in [2.24, 2.45) is 0 Å². The number of benzene rings is 1. The maximum Gasteiger partial charge on any atom is 0.410 e. The van der Waals surface area contributed by atoms with E-state index in [-0.39, 0.29) is 17.8 Å². The second kappa shape index (κ2) is 5.92.